The Labute approximate surface area is 305 Å². The van der Waals surface area contributed by atoms with E-state index in [1.54, 1.807) is 44.2 Å². The number of carboxylic acids is 2. The number of rotatable bonds is 23. The molecule has 20 heteroatoms. The summed E-state index contributed by atoms with van der Waals surface area (Å²) in [5, 5.41) is 61.2. The summed E-state index contributed by atoms with van der Waals surface area (Å²) in [5.41, 5.74) is 6.67. The summed E-state index contributed by atoms with van der Waals surface area (Å²) in [7, 11) is 0. The summed E-state index contributed by atoms with van der Waals surface area (Å²) in [4.78, 5) is 100. The van der Waals surface area contributed by atoms with E-state index in [9.17, 15) is 63.9 Å². The number of aliphatic hydroxyl groups is 3. The quantitative estimate of drug-likeness (QED) is 0.0505. The SMILES string of the molecule is CC(C)C[C@H](NC(=O)[C@H](CCC(=O)O)NC(=O)[C@H](CO)NC(=O)[C@H](CO)NC(=O)[C@@H](N)Cc1ccccc1)C(=O)N[C@@H](C)C(=O)N[C@H](C(=O)O)[C@@H](C)O. The lowest BCUT2D eigenvalue weighted by Gasteiger charge is -2.27. The molecule has 8 atom stereocenters. The molecule has 6 amide bonds. The lowest BCUT2D eigenvalue weighted by atomic mass is 10.0. The van der Waals surface area contributed by atoms with Crippen LogP contribution in [-0.2, 0) is 44.8 Å². The van der Waals surface area contributed by atoms with Crippen LogP contribution in [0.25, 0.3) is 0 Å². The third-order valence-corrected chi connectivity index (χ3v) is 7.68. The van der Waals surface area contributed by atoms with Crippen LogP contribution < -0.4 is 37.6 Å². The number of carboxylic acid groups (broad SMARTS) is 2. The van der Waals surface area contributed by atoms with Crippen LogP contribution in [0.4, 0.5) is 0 Å². The molecule has 1 rings (SSSR count). The van der Waals surface area contributed by atoms with Gasteiger partial charge in [-0.1, -0.05) is 44.2 Å². The largest absolute Gasteiger partial charge is 0.481 e. The van der Waals surface area contributed by atoms with E-state index in [4.69, 9.17) is 5.73 Å². The number of aliphatic hydroxyl groups excluding tert-OH is 3. The van der Waals surface area contributed by atoms with Crippen molar-refractivity contribution in [1.82, 2.24) is 31.9 Å². The Hall–Kier alpha value is -5.18. The van der Waals surface area contributed by atoms with Gasteiger partial charge in [-0.2, -0.15) is 0 Å². The molecule has 1 aromatic rings. The Bertz CT molecular complexity index is 1430. The molecule has 0 bridgehead atoms. The maximum atomic E-state index is 13.4. The van der Waals surface area contributed by atoms with Gasteiger partial charge < -0.3 is 63.2 Å². The Balaban J connectivity index is 3.05. The molecule has 0 saturated heterocycles. The topological polar surface area (TPSA) is 336 Å². The zero-order chi connectivity index (χ0) is 40.4. The molecule has 0 aromatic heterocycles. The van der Waals surface area contributed by atoms with E-state index in [0.717, 1.165) is 12.5 Å². The first kappa shape index (κ1) is 45.8. The van der Waals surface area contributed by atoms with Gasteiger partial charge in [0.15, 0.2) is 6.04 Å². The second-order valence-corrected chi connectivity index (χ2v) is 12.8. The van der Waals surface area contributed by atoms with Gasteiger partial charge >= 0.3 is 11.9 Å². The van der Waals surface area contributed by atoms with Gasteiger partial charge in [-0.15, -0.1) is 0 Å². The molecule has 13 N–H and O–H groups in total. The molecule has 0 heterocycles. The van der Waals surface area contributed by atoms with Crippen molar-refractivity contribution in [1.29, 1.82) is 0 Å². The summed E-state index contributed by atoms with van der Waals surface area (Å²) < 4.78 is 0. The van der Waals surface area contributed by atoms with Gasteiger partial charge in [-0.05, 0) is 44.6 Å². The molecule has 0 fully saturated rings. The van der Waals surface area contributed by atoms with Gasteiger partial charge in [0.2, 0.25) is 35.4 Å². The Morgan fingerprint density at radius 1 is 0.642 bits per heavy atom. The van der Waals surface area contributed by atoms with Gasteiger partial charge in [0, 0.05) is 6.42 Å². The lowest BCUT2D eigenvalue weighted by Crippen LogP contribution is -2.61. The monoisotopic (exact) mass is 753 g/mol. The molecule has 0 saturated carbocycles. The minimum atomic E-state index is -1.75. The van der Waals surface area contributed by atoms with Crippen molar-refractivity contribution in [3.63, 3.8) is 0 Å². The molecule has 53 heavy (non-hydrogen) atoms. The molecule has 0 aliphatic carbocycles. The molecule has 0 aliphatic heterocycles. The van der Waals surface area contributed by atoms with Gasteiger partial charge in [0.25, 0.3) is 0 Å². The summed E-state index contributed by atoms with van der Waals surface area (Å²) in [6, 6.07) is -1.70. The van der Waals surface area contributed by atoms with Crippen LogP contribution in [0.3, 0.4) is 0 Å². The van der Waals surface area contributed by atoms with Crippen molar-refractivity contribution >= 4 is 47.4 Å². The number of carbonyl (C=O) groups excluding carboxylic acids is 6. The predicted molar refractivity (Wildman–Crippen MR) is 185 cm³/mol. The van der Waals surface area contributed by atoms with Gasteiger partial charge in [0.1, 0.15) is 30.2 Å². The number of amides is 6. The number of benzene rings is 1. The minimum Gasteiger partial charge on any atom is -0.481 e. The van der Waals surface area contributed by atoms with Crippen LogP contribution in [0, 0.1) is 5.92 Å². The van der Waals surface area contributed by atoms with E-state index in [2.05, 4.69) is 31.9 Å². The average molecular weight is 754 g/mol. The number of aliphatic carboxylic acids is 2. The van der Waals surface area contributed by atoms with Crippen LogP contribution in [0.15, 0.2) is 30.3 Å². The van der Waals surface area contributed by atoms with Crippen molar-refractivity contribution in [3.8, 4) is 0 Å². The van der Waals surface area contributed by atoms with Crippen molar-refractivity contribution in [2.45, 2.75) is 102 Å². The Kier molecular flexibility index (Phi) is 19.6. The zero-order valence-corrected chi connectivity index (χ0v) is 29.9. The molecule has 296 valence electrons. The number of hydrogen-bond donors (Lipinski definition) is 12. The predicted octanol–water partition coefficient (Wildman–Crippen LogP) is -4.15. The third kappa shape index (κ3) is 16.4. The maximum Gasteiger partial charge on any atom is 0.328 e. The number of hydrogen-bond acceptors (Lipinski definition) is 12. The molecule has 0 aliphatic rings. The highest BCUT2D eigenvalue weighted by Crippen LogP contribution is 2.08. The van der Waals surface area contributed by atoms with Crippen molar-refractivity contribution in [2.75, 3.05) is 13.2 Å². The first-order chi connectivity index (χ1) is 24.8. The standard InChI is InChI=1S/C33H51N7O13/c1-16(2)12-22(30(49)35-17(3)27(46)40-26(18(4)43)33(52)53)37-29(48)21(10-11-25(44)45)36-31(50)24(15-42)39-32(51)23(14-41)38-28(47)20(34)13-19-8-6-5-7-9-19/h5-9,16-18,20-24,26,41-43H,10-15,34H2,1-4H3,(H,35,49)(H,36,50)(H,37,48)(H,38,47)(H,39,51)(H,40,46)(H,44,45)(H,52,53)/t17-,18+,20-,21-,22-,23-,24-,26-/m0/s1. The average Bonchev–Trinajstić information content (AvgIpc) is 3.08. The number of carbonyl (C=O) groups is 8. The van der Waals surface area contributed by atoms with E-state index < -0.39 is 122 Å². The summed E-state index contributed by atoms with van der Waals surface area (Å²) in [5.74, 6) is -9.01. The van der Waals surface area contributed by atoms with Gasteiger partial charge in [-0.3, -0.25) is 33.6 Å². The number of nitrogens with one attached hydrogen (secondary N) is 6. The van der Waals surface area contributed by atoms with E-state index in [1.807, 2.05) is 0 Å². The van der Waals surface area contributed by atoms with Crippen LogP contribution in [0.5, 0.6) is 0 Å². The van der Waals surface area contributed by atoms with Crippen LogP contribution in [-0.4, -0.2) is 135 Å². The Morgan fingerprint density at radius 2 is 1.11 bits per heavy atom. The summed E-state index contributed by atoms with van der Waals surface area (Å²) >= 11 is 0. The summed E-state index contributed by atoms with van der Waals surface area (Å²) in [6.07, 6.45) is -2.49. The molecular formula is C33H51N7O13. The van der Waals surface area contributed by atoms with Crippen LogP contribution in [0.1, 0.15) is 52.5 Å². The van der Waals surface area contributed by atoms with Gasteiger partial charge in [-0.25, -0.2) is 4.79 Å². The van der Waals surface area contributed by atoms with Crippen LogP contribution >= 0.6 is 0 Å². The zero-order valence-electron chi connectivity index (χ0n) is 29.9. The summed E-state index contributed by atoms with van der Waals surface area (Å²) in [6.45, 7) is 3.84. The van der Waals surface area contributed by atoms with E-state index in [1.165, 1.54) is 6.92 Å². The fourth-order valence-electron chi connectivity index (χ4n) is 4.73. The van der Waals surface area contributed by atoms with Crippen LogP contribution in [0.2, 0.25) is 0 Å². The highest BCUT2D eigenvalue weighted by Gasteiger charge is 2.33. The molecular weight excluding hydrogens is 702 g/mol. The van der Waals surface area contributed by atoms with Crippen molar-refractivity contribution in [2.24, 2.45) is 11.7 Å². The highest BCUT2D eigenvalue weighted by molar-refractivity contribution is 5.97. The fraction of sp³-hybridized carbons (Fsp3) is 0.576. The molecule has 0 radical (unpaired) electrons. The lowest BCUT2D eigenvalue weighted by molar-refractivity contribution is -0.145. The first-order valence-corrected chi connectivity index (χ1v) is 16.8. The Morgan fingerprint density at radius 3 is 1.58 bits per heavy atom. The second-order valence-electron chi connectivity index (χ2n) is 12.8. The third-order valence-electron chi connectivity index (χ3n) is 7.68. The first-order valence-electron chi connectivity index (χ1n) is 16.8. The fourth-order valence-corrected chi connectivity index (χ4v) is 4.73. The maximum absolute atomic E-state index is 13.4. The van der Waals surface area contributed by atoms with Crippen molar-refractivity contribution in [3.05, 3.63) is 35.9 Å². The second kappa shape index (κ2) is 22.7. The molecule has 1 aromatic carbocycles. The number of nitrogens with two attached hydrogens (primary N) is 1. The van der Waals surface area contributed by atoms with E-state index in [-0.39, 0.29) is 18.8 Å². The van der Waals surface area contributed by atoms with Gasteiger partial charge in [0.05, 0.1) is 25.4 Å². The normalized spacial score (nSPS) is 15.6. The smallest absolute Gasteiger partial charge is 0.328 e. The minimum absolute atomic E-state index is 0.00443. The highest BCUT2D eigenvalue weighted by atomic mass is 16.4. The molecule has 20 nitrogen and oxygen atoms in total. The van der Waals surface area contributed by atoms with Crippen molar-refractivity contribution < 1.29 is 63.9 Å². The molecule has 0 unspecified atom stereocenters. The van der Waals surface area contributed by atoms with E-state index in [0.29, 0.717) is 0 Å². The van der Waals surface area contributed by atoms with E-state index >= 15 is 0 Å². The molecule has 0 spiro atoms.